The van der Waals surface area contributed by atoms with Gasteiger partial charge in [-0.1, -0.05) is 64.2 Å². The van der Waals surface area contributed by atoms with Crippen LogP contribution in [0.15, 0.2) is 0 Å². The molecule has 0 amide bonds. The second-order valence-electron chi connectivity index (χ2n) is 9.95. The summed E-state index contributed by atoms with van der Waals surface area (Å²) < 4.78 is 154. The molecule has 2 nitrogen and oxygen atoms in total. The Morgan fingerprint density at radius 2 is 1.03 bits per heavy atom. The van der Waals surface area contributed by atoms with Crippen LogP contribution in [-0.2, 0) is 9.47 Å². The van der Waals surface area contributed by atoms with Gasteiger partial charge in [-0.3, -0.25) is 0 Å². The lowest BCUT2D eigenvalue weighted by atomic mass is 9.94. The second kappa shape index (κ2) is 15.8. The van der Waals surface area contributed by atoms with Gasteiger partial charge in [0.1, 0.15) is 0 Å². The van der Waals surface area contributed by atoms with Crippen LogP contribution >= 0.6 is 0 Å². The maximum absolute atomic E-state index is 13.6. The SMILES string of the molecule is FC(F)(F)C(F)(F)C(F)(F)C(F)(F)C(F)(F)CCCCCCCCCCCCCCOCCC1CCCO1. The molecule has 1 unspecified atom stereocenters. The first-order valence-corrected chi connectivity index (χ1v) is 13.4. The molecule has 13 heteroatoms. The minimum Gasteiger partial charge on any atom is -0.381 e. The zero-order valence-corrected chi connectivity index (χ0v) is 21.5. The van der Waals surface area contributed by atoms with Crippen LogP contribution in [0.3, 0.4) is 0 Å². The number of ether oxygens (including phenoxy) is 2. The summed E-state index contributed by atoms with van der Waals surface area (Å²) in [6.07, 6.45) is 2.42. The zero-order chi connectivity index (χ0) is 28.9. The smallest absolute Gasteiger partial charge is 0.381 e. The molecule has 0 N–H and O–H groups in total. The van der Waals surface area contributed by atoms with Gasteiger partial charge in [-0.25, -0.2) is 0 Å². The Balaban J connectivity index is 2.05. The number of unbranched alkanes of at least 4 members (excludes halogenated alkanes) is 11. The molecule has 0 aromatic heterocycles. The van der Waals surface area contributed by atoms with Gasteiger partial charge in [-0.2, -0.15) is 48.3 Å². The summed E-state index contributed by atoms with van der Waals surface area (Å²) in [5, 5.41) is 0. The standard InChI is InChI=1S/C25H39F11O2/c26-21(27,22(28,29)23(30,31)24(32,33)25(34,35)36)16-11-9-7-5-3-1-2-4-6-8-10-12-17-37-19-15-20-14-13-18-38-20/h20H,1-19H2. The van der Waals surface area contributed by atoms with Crippen molar-refractivity contribution in [2.45, 2.75) is 139 Å². The van der Waals surface area contributed by atoms with Crippen LogP contribution in [0, 0.1) is 0 Å². The average Bonchev–Trinajstić information content (AvgIpc) is 3.33. The molecule has 0 aromatic carbocycles. The van der Waals surface area contributed by atoms with Crippen molar-refractivity contribution in [2.24, 2.45) is 0 Å². The molecule has 0 saturated carbocycles. The summed E-state index contributed by atoms with van der Waals surface area (Å²) in [6, 6.07) is 0. The van der Waals surface area contributed by atoms with E-state index in [9.17, 15) is 48.3 Å². The van der Waals surface area contributed by atoms with E-state index in [0.717, 1.165) is 90.4 Å². The molecule has 0 bridgehead atoms. The van der Waals surface area contributed by atoms with E-state index in [1.807, 2.05) is 0 Å². The van der Waals surface area contributed by atoms with Gasteiger partial charge in [-0.05, 0) is 32.1 Å². The molecule has 1 aliphatic heterocycles. The highest BCUT2D eigenvalue weighted by molar-refractivity contribution is 5.06. The average molecular weight is 581 g/mol. The molecular formula is C25H39F11O2. The van der Waals surface area contributed by atoms with E-state index < -0.39 is 42.7 Å². The van der Waals surface area contributed by atoms with Crippen LogP contribution in [0.5, 0.6) is 0 Å². The first-order chi connectivity index (χ1) is 17.6. The molecule has 1 atom stereocenters. The van der Waals surface area contributed by atoms with Gasteiger partial charge < -0.3 is 9.47 Å². The molecule has 1 rings (SSSR count). The molecule has 38 heavy (non-hydrogen) atoms. The molecule has 1 aliphatic rings. The van der Waals surface area contributed by atoms with Crippen molar-refractivity contribution in [3.8, 4) is 0 Å². The lowest BCUT2D eigenvalue weighted by Crippen LogP contribution is -2.66. The predicted molar refractivity (Wildman–Crippen MR) is 120 cm³/mol. The number of rotatable bonds is 21. The van der Waals surface area contributed by atoms with E-state index in [2.05, 4.69) is 0 Å². The molecule has 0 radical (unpaired) electrons. The number of halogens is 11. The monoisotopic (exact) mass is 580 g/mol. The Hall–Kier alpha value is -0.850. The van der Waals surface area contributed by atoms with Crippen molar-refractivity contribution >= 4 is 0 Å². The van der Waals surface area contributed by atoms with Crippen LogP contribution in [0.1, 0.15) is 103 Å². The summed E-state index contributed by atoms with van der Waals surface area (Å²) in [6.45, 7) is 2.30. The van der Waals surface area contributed by atoms with Crippen molar-refractivity contribution in [1.82, 2.24) is 0 Å². The van der Waals surface area contributed by atoms with Crippen LogP contribution in [0.4, 0.5) is 48.3 Å². The first-order valence-electron chi connectivity index (χ1n) is 13.4. The Labute approximate surface area is 217 Å². The predicted octanol–water partition coefficient (Wildman–Crippen LogP) is 9.75. The van der Waals surface area contributed by atoms with Crippen LogP contribution < -0.4 is 0 Å². The second-order valence-corrected chi connectivity index (χ2v) is 9.95. The van der Waals surface area contributed by atoms with Gasteiger partial charge in [-0.15, -0.1) is 0 Å². The van der Waals surface area contributed by atoms with E-state index in [1.165, 1.54) is 0 Å². The molecule has 1 saturated heterocycles. The third kappa shape index (κ3) is 10.3. The quantitative estimate of drug-likeness (QED) is 0.0994. The third-order valence-corrected chi connectivity index (χ3v) is 6.74. The number of hydrogen-bond acceptors (Lipinski definition) is 2. The van der Waals surface area contributed by atoms with Gasteiger partial charge in [0.25, 0.3) is 0 Å². The van der Waals surface area contributed by atoms with E-state index in [1.54, 1.807) is 0 Å². The third-order valence-electron chi connectivity index (χ3n) is 6.74. The summed E-state index contributed by atoms with van der Waals surface area (Å²) >= 11 is 0. The fraction of sp³-hybridized carbons (Fsp3) is 1.00. The van der Waals surface area contributed by atoms with Gasteiger partial charge in [0.15, 0.2) is 0 Å². The molecule has 1 fully saturated rings. The fourth-order valence-corrected chi connectivity index (χ4v) is 4.27. The van der Waals surface area contributed by atoms with Crippen LogP contribution in [-0.4, -0.2) is 55.8 Å². The molecule has 0 aromatic rings. The fourth-order valence-electron chi connectivity index (χ4n) is 4.27. The van der Waals surface area contributed by atoms with E-state index in [4.69, 9.17) is 9.47 Å². The maximum atomic E-state index is 13.6. The highest BCUT2D eigenvalue weighted by atomic mass is 19.4. The van der Waals surface area contributed by atoms with Gasteiger partial charge in [0.2, 0.25) is 0 Å². The van der Waals surface area contributed by atoms with Crippen molar-refractivity contribution in [2.75, 3.05) is 19.8 Å². The molecule has 228 valence electrons. The Morgan fingerprint density at radius 3 is 1.47 bits per heavy atom. The summed E-state index contributed by atoms with van der Waals surface area (Å²) in [4.78, 5) is 0. The Kier molecular flexibility index (Phi) is 14.6. The summed E-state index contributed by atoms with van der Waals surface area (Å²) in [5.74, 6) is -27.2. The summed E-state index contributed by atoms with van der Waals surface area (Å²) in [5.41, 5.74) is 0. The lowest BCUT2D eigenvalue weighted by Gasteiger charge is -2.37. The van der Waals surface area contributed by atoms with Gasteiger partial charge in [0, 0.05) is 26.2 Å². The first kappa shape index (κ1) is 35.2. The van der Waals surface area contributed by atoms with Crippen molar-refractivity contribution in [3.63, 3.8) is 0 Å². The van der Waals surface area contributed by atoms with Crippen molar-refractivity contribution < 1.29 is 57.8 Å². The minimum atomic E-state index is -7.31. The van der Waals surface area contributed by atoms with Crippen molar-refractivity contribution in [3.05, 3.63) is 0 Å². The highest BCUT2D eigenvalue weighted by Crippen LogP contribution is 2.58. The number of hydrogen-bond donors (Lipinski definition) is 0. The van der Waals surface area contributed by atoms with Crippen LogP contribution in [0.2, 0.25) is 0 Å². The zero-order valence-electron chi connectivity index (χ0n) is 21.5. The minimum absolute atomic E-state index is 0.0668. The number of alkyl halides is 11. The van der Waals surface area contributed by atoms with E-state index in [0.29, 0.717) is 18.9 Å². The van der Waals surface area contributed by atoms with E-state index >= 15 is 0 Å². The van der Waals surface area contributed by atoms with Crippen molar-refractivity contribution in [1.29, 1.82) is 0 Å². The van der Waals surface area contributed by atoms with E-state index in [-0.39, 0.29) is 6.42 Å². The molecular weight excluding hydrogens is 541 g/mol. The Morgan fingerprint density at radius 1 is 0.553 bits per heavy atom. The van der Waals surface area contributed by atoms with Crippen LogP contribution in [0.25, 0.3) is 0 Å². The van der Waals surface area contributed by atoms with Gasteiger partial charge in [0.05, 0.1) is 6.10 Å². The maximum Gasteiger partial charge on any atom is 0.460 e. The topological polar surface area (TPSA) is 18.5 Å². The Bertz CT molecular complexity index is 633. The largest absolute Gasteiger partial charge is 0.460 e. The normalized spacial score (nSPS) is 17.9. The molecule has 0 spiro atoms. The van der Waals surface area contributed by atoms with Gasteiger partial charge >= 0.3 is 29.9 Å². The molecule has 1 heterocycles. The highest BCUT2D eigenvalue weighted by Gasteiger charge is 2.86. The summed E-state index contributed by atoms with van der Waals surface area (Å²) in [7, 11) is 0. The lowest BCUT2D eigenvalue weighted by molar-refractivity contribution is -0.422. The molecule has 0 aliphatic carbocycles.